The molecule has 1 aliphatic rings. The van der Waals surface area contributed by atoms with Gasteiger partial charge in [0.1, 0.15) is 0 Å². The second-order valence-electron chi connectivity index (χ2n) is 5.98. The summed E-state index contributed by atoms with van der Waals surface area (Å²) in [5, 5.41) is 3.14. The number of hydrogen-bond acceptors (Lipinski definition) is 3. The number of thioether (sulfide) groups is 1. The molecule has 1 aromatic carbocycles. The van der Waals surface area contributed by atoms with Gasteiger partial charge in [0.25, 0.3) is 0 Å². The van der Waals surface area contributed by atoms with Crippen molar-refractivity contribution < 1.29 is 9.53 Å². The van der Waals surface area contributed by atoms with Crippen LogP contribution in [0.1, 0.15) is 38.2 Å². The third-order valence-electron chi connectivity index (χ3n) is 4.07. The van der Waals surface area contributed by atoms with E-state index in [1.54, 1.807) is 18.9 Å². The predicted molar refractivity (Wildman–Crippen MR) is 87.7 cm³/mol. The van der Waals surface area contributed by atoms with E-state index in [4.69, 9.17) is 4.74 Å². The Labute approximate surface area is 131 Å². The summed E-state index contributed by atoms with van der Waals surface area (Å²) in [5.74, 6) is 0.111. The van der Waals surface area contributed by atoms with Gasteiger partial charge in [-0.05, 0) is 38.8 Å². The van der Waals surface area contributed by atoms with Crippen molar-refractivity contribution in [1.82, 2.24) is 5.32 Å². The van der Waals surface area contributed by atoms with Gasteiger partial charge in [0.15, 0.2) is 0 Å². The average molecular weight is 307 g/mol. The largest absolute Gasteiger partial charge is 0.382 e. The molecule has 3 nitrogen and oxygen atoms in total. The molecule has 1 fully saturated rings. The molecule has 4 heteroatoms. The third kappa shape index (κ3) is 4.48. The molecular weight excluding hydrogens is 282 g/mol. The smallest absolute Gasteiger partial charge is 0.233 e. The first kappa shape index (κ1) is 16.4. The Morgan fingerprint density at radius 3 is 2.52 bits per heavy atom. The van der Waals surface area contributed by atoms with Crippen LogP contribution in [0, 0.1) is 6.92 Å². The summed E-state index contributed by atoms with van der Waals surface area (Å²) >= 11 is 1.61. The van der Waals surface area contributed by atoms with Crippen LogP contribution in [-0.4, -0.2) is 30.4 Å². The minimum absolute atomic E-state index is 0.0953. The number of carbonyl (C=O) groups is 1. The number of carbonyl (C=O) groups excluding carboxylic acids is 1. The first-order valence-electron chi connectivity index (χ1n) is 7.59. The number of hydrogen-bond donors (Lipinski definition) is 1. The van der Waals surface area contributed by atoms with Crippen LogP contribution < -0.4 is 5.32 Å². The van der Waals surface area contributed by atoms with Crippen LogP contribution in [0.4, 0.5) is 0 Å². The Hall–Kier alpha value is -1.00. The summed E-state index contributed by atoms with van der Waals surface area (Å²) in [6.45, 7) is 4.65. The lowest BCUT2D eigenvalue weighted by Gasteiger charge is -2.30. The van der Waals surface area contributed by atoms with Crippen LogP contribution in [0.5, 0.6) is 0 Å². The molecule has 1 N–H and O–H groups in total. The number of nitrogens with one attached hydrogen (secondary N) is 1. The Morgan fingerprint density at radius 1 is 1.33 bits per heavy atom. The molecule has 1 amide bonds. The van der Waals surface area contributed by atoms with Gasteiger partial charge in [0.2, 0.25) is 5.91 Å². The first-order chi connectivity index (χ1) is 10.0. The lowest BCUT2D eigenvalue weighted by atomic mass is 9.98. The molecule has 0 spiro atoms. The van der Waals surface area contributed by atoms with E-state index >= 15 is 0 Å². The number of aryl methyl sites for hydroxylation is 1. The average Bonchev–Trinajstić information content (AvgIpc) is 2.90. The molecule has 1 unspecified atom stereocenters. The highest BCUT2D eigenvalue weighted by atomic mass is 32.2. The summed E-state index contributed by atoms with van der Waals surface area (Å²) in [6.07, 6.45) is 4.38. The van der Waals surface area contributed by atoms with Crippen molar-refractivity contribution in [3.05, 3.63) is 29.8 Å². The van der Waals surface area contributed by atoms with Gasteiger partial charge in [0, 0.05) is 12.0 Å². The van der Waals surface area contributed by atoms with Gasteiger partial charge in [-0.2, -0.15) is 0 Å². The number of rotatable bonds is 6. The van der Waals surface area contributed by atoms with Gasteiger partial charge in [-0.3, -0.25) is 4.79 Å². The maximum absolute atomic E-state index is 12.5. The molecule has 0 radical (unpaired) electrons. The monoisotopic (exact) mass is 307 g/mol. The van der Waals surface area contributed by atoms with Crippen molar-refractivity contribution in [3.8, 4) is 0 Å². The summed E-state index contributed by atoms with van der Waals surface area (Å²) < 4.78 is 5.32. The lowest BCUT2D eigenvalue weighted by molar-refractivity contribution is -0.122. The van der Waals surface area contributed by atoms with Crippen molar-refractivity contribution in [2.24, 2.45) is 0 Å². The van der Waals surface area contributed by atoms with E-state index < -0.39 is 0 Å². The highest BCUT2D eigenvalue weighted by Crippen LogP contribution is 2.31. The van der Waals surface area contributed by atoms with Crippen LogP contribution >= 0.6 is 11.8 Å². The number of amides is 1. The predicted octanol–water partition coefficient (Wildman–Crippen LogP) is 3.55. The SMILES string of the molecule is COCC1(NC(=O)C(C)Sc2ccc(C)cc2)CCCC1. The lowest BCUT2D eigenvalue weighted by Crippen LogP contribution is -2.51. The maximum Gasteiger partial charge on any atom is 0.233 e. The molecule has 116 valence electrons. The van der Waals surface area contributed by atoms with Crippen molar-refractivity contribution in [2.75, 3.05) is 13.7 Å². The van der Waals surface area contributed by atoms with E-state index in [0.29, 0.717) is 6.61 Å². The highest BCUT2D eigenvalue weighted by molar-refractivity contribution is 8.00. The molecule has 1 atom stereocenters. The molecule has 0 saturated heterocycles. The molecule has 2 rings (SSSR count). The van der Waals surface area contributed by atoms with Crippen molar-refractivity contribution in [2.45, 2.75) is 55.2 Å². The van der Waals surface area contributed by atoms with Crippen LogP contribution in [0.15, 0.2) is 29.2 Å². The van der Waals surface area contributed by atoms with Gasteiger partial charge in [-0.1, -0.05) is 30.5 Å². The van der Waals surface area contributed by atoms with E-state index in [0.717, 1.165) is 17.7 Å². The zero-order chi connectivity index (χ0) is 15.3. The number of methoxy groups -OCH3 is 1. The van der Waals surface area contributed by atoms with Crippen LogP contribution in [0.25, 0.3) is 0 Å². The fourth-order valence-electron chi connectivity index (χ4n) is 2.87. The third-order valence-corrected chi connectivity index (χ3v) is 5.18. The van der Waals surface area contributed by atoms with Crippen LogP contribution in [0.3, 0.4) is 0 Å². The Morgan fingerprint density at radius 2 is 1.95 bits per heavy atom. The van der Waals surface area contributed by atoms with Gasteiger partial charge in [0.05, 0.1) is 17.4 Å². The molecular formula is C17H25NO2S. The zero-order valence-corrected chi connectivity index (χ0v) is 14.0. The number of ether oxygens (including phenoxy) is 1. The number of benzene rings is 1. The molecule has 0 bridgehead atoms. The van der Waals surface area contributed by atoms with Crippen molar-refractivity contribution in [1.29, 1.82) is 0 Å². The minimum Gasteiger partial charge on any atom is -0.382 e. The van der Waals surface area contributed by atoms with E-state index in [1.807, 2.05) is 6.92 Å². The van der Waals surface area contributed by atoms with Crippen LogP contribution in [0.2, 0.25) is 0 Å². The molecule has 0 aromatic heterocycles. The standard InChI is InChI=1S/C17H25NO2S/c1-13-6-8-15(9-7-13)21-14(2)16(19)18-17(12-20-3)10-4-5-11-17/h6-9,14H,4-5,10-12H2,1-3H3,(H,18,19). The van der Waals surface area contributed by atoms with E-state index in [-0.39, 0.29) is 16.7 Å². The minimum atomic E-state index is -0.145. The van der Waals surface area contributed by atoms with E-state index in [2.05, 4.69) is 36.5 Å². The normalized spacial score (nSPS) is 18.4. The molecule has 21 heavy (non-hydrogen) atoms. The Bertz CT molecular complexity index is 466. The molecule has 0 aliphatic heterocycles. The Balaban J connectivity index is 1.93. The summed E-state index contributed by atoms with van der Waals surface area (Å²) in [4.78, 5) is 13.6. The maximum atomic E-state index is 12.5. The topological polar surface area (TPSA) is 38.3 Å². The zero-order valence-electron chi connectivity index (χ0n) is 13.1. The van der Waals surface area contributed by atoms with Gasteiger partial charge in [-0.15, -0.1) is 11.8 Å². The van der Waals surface area contributed by atoms with Crippen LogP contribution in [-0.2, 0) is 9.53 Å². The van der Waals surface area contributed by atoms with Gasteiger partial charge in [-0.25, -0.2) is 0 Å². The van der Waals surface area contributed by atoms with Gasteiger partial charge >= 0.3 is 0 Å². The molecule has 0 heterocycles. The molecule has 1 aromatic rings. The molecule has 1 aliphatic carbocycles. The fourth-order valence-corrected chi connectivity index (χ4v) is 3.74. The second-order valence-corrected chi connectivity index (χ2v) is 7.40. The van der Waals surface area contributed by atoms with Gasteiger partial charge < -0.3 is 10.1 Å². The summed E-state index contributed by atoms with van der Waals surface area (Å²) in [5.41, 5.74) is 1.09. The summed E-state index contributed by atoms with van der Waals surface area (Å²) in [7, 11) is 1.71. The first-order valence-corrected chi connectivity index (χ1v) is 8.47. The Kier molecular flexibility index (Phi) is 5.71. The second kappa shape index (κ2) is 7.32. The summed E-state index contributed by atoms with van der Waals surface area (Å²) in [6, 6.07) is 8.31. The van der Waals surface area contributed by atoms with E-state index in [1.165, 1.54) is 18.4 Å². The highest BCUT2D eigenvalue weighted by Gasteiger charge is 2.36. The van der Waals surface area contributed by atoms with E-state index in [9.17, 15) is 4.79 Å². The van der Waals surface area contributed by atoms with Crippen molar-refractivity contribution >= 4 is 17.7 Å². The quantitative estimate of drug-likeness (QED) is 0.817. The molecule has 1 saturated carbocycles. The fraction of sp³-hybridized carbons (Fsp3) is 0.588. The van der Waals surface area contributed by atoms with Crippen molar-refractivity contribution in [3.63, 3.8) is 0 Å².